The Morgan fingerprint density at radius 3 is 2.24 bits per heavy atom. The van der Waals surface area contributed by atoms with Crippen LogP contribution in [0.25, 0.3) is 0 Å². The van der Waals surface area contributed by atoms with Crippen molar-refractivity contribution < 1.29 is 14.7 Å². The zero-order valence-corrected chi connectivity index (χ0v) is 13.2. The lowest BCUT2D eigenvalue weighted by molar-refractivity contribution is -0.142. The fraction of sp³-hybridized carbons (Fsp3) is 0.500. The summed E-state index contributed by atoms with van der Waals surface area (Å²) in [6.45, 7) is 6.25. The molecule has 0 unspecified atom stereocenters. The summed E-state index contributed by atoms with van der Waals surface area (Å²) in [6, 6.07) is 7.19. The molecule has 0 saturated carbocycles. The Hall–Kier alpha value is -1.55. The number of carbonyl (C=O) groups excluding carboxylic acids is 1. The Kier molecular flexibility index (Phi) is 4.28. The number of carbonyl (C=O) groups is 2. The van der Waals surface area contributed by atoms with Gasteiger partial charge in [0.15, 0.2) is 0 Å². The van der Waals surface area contributed by atoms with E-state index in [2.05, 4.69) is 0 Å². The summed E-state index contributed by atoms with van der Waals surface area (Å²) < 4.78 is 0. The van der Waals surface area contributed by atoms with E-state index in [0.717, 1.165) is 5.56 Å². The standard InChI is InChI=1S/C16H20ClNO3/c1-16(2,3)15(21)18-8-12(13(9-18)14(19)20)10-4-6-11(17)7-5-10/h4-7,12-13H,8-9H2,1-3H3,(H,19,20)/t12-,13+/m0/s1. The van der Waals surface area contributed by atoms with Gasteiger partial charge in [-0.2, -0.15) is 0 Å². The van der Waals surface area contributed by atoms with Crippen molar-refractivity contribution in [2.24, 2.45) is 11.3 Å². The molecule has 1 saturated heterocycles. The van der Waals surface area contributed by atoms with E-state index in [-0.39, 0.29) is 18.4 Å². The van der Waals surface area contributed by atoms with Gasteiger partial charge in [0.05, 0.1) is 5.92 Å². The minimum Gasteiger partial charge on any atom is -0.481 e. The van der Waals surface area contributed by atoms with E-state index in [9.17, 15) is 14.7 Å². The van der Waals surface area contributed by atoms with E-state index in [4.69, 9.17) is 11.6 Å². The molecular weight excluding hydrogens is 290 g/mol. The molecule has 0 aromatic heterocycles. The van der Waals surface area contributed by atoms with Gasteiger partial charge in [0.25, 0.3) is 0 Å². The van der Waals surface area contributed by atoms with Gasteiger partial charge in [0, 0.05) is 29.4 Å². The topological polar surface area (TPSA) is 57.6 Å². The fourth-order valence-electron chi connectivity index (χ4n) is 2.74. The molecule has 0 aliphatic carbocycles. The summed E-state index contributed by atoms with van der Waals surface area (Å²) in [7, 11) is 0. The highest BCUT2D eigenvalue weighted by Gasteiger charge is 2.42. The smallest absolute Gasteiger partial charge is 0.308 e. The third kappa shape index (κ3) is 3.38. The lowest BCUT2D eigenvalue weighted by atomic mass is 9.89. The summed E-state index contributed by atoms with van der Waals surface area (Å²) in [6.07, 6.45) is 0. The summed E-state index contributed by atoms with van der Waals surface area (Å²) in [5.41, 5.74) is 0.411. The third-order valence-corrected chi connectivity index (χ3v) is 4.12. The van der Waals surface area contributed by atoms with Crippen molar-refractivity contribution in [1.82, 2.24) is 4.90 Å². The zero-order valence-electron chi connectivity index (χ0n) is 12.5. The van der Waals surface area contributed by atoms with Crippen LogP contribution in [0, 0.1) is 11.3 Å². The number of nitrogens with zero attached hydrogens (tertiary/aromatic N) is 1. The van der Waals surface area contributed by atoms with Gasteiger partial charge in [0.1, 0.15) is 0 Å². The highest BCUT2D eigenvalue weighted by atomic mass is 35.5. The quantitative estimate of drug-likeness (QED) is 0.913. The summed E-state index contributed by atoms with van der Waals surface area (Å²) >= 11 is 5.88. The van der Waals surface area contributed by atoms with Crippen molar-refractivity contribution in [2.45, 2.75) is 26.7 Å². The summed E-state index contributed by atoms with van der Waals surface area (Å²) in [5, 5.41) is 10.1. The Morgan fingerprint density at radius 2 is 1.76 bits per heavy atom. The van der Waals surface area contributed by atoms with Crippen molar-refractivity contribution in [1.29, 1.82) is 0 Å². The van der Waals surface area contributed by atoms with Crippen molar-refractivity contribution >= 4 is 23.5 Å². The minimum atomic E-state index is -0.862. The first kappa shape index (κ1) is 15.8. The second-order valence-corrected chi connectivity index (χ2v) is 7.00. The van der Waals surface area contributed by atoms with Gasteiger partial charge >= 0.3 is 5.97 Å². The number of hydrogen-bond acceptors (Lipinski definition) is 2. The van der Waals surface area contributed by atoms with Gasteiger partial charge in [-0.15, -0.1) is 0 Å². The molecule has 1 aromatic rings. The molecule has 1 aliphatic rings. The monoisotopic (exact) mass is 309 g/mol. The molecule has 2 atom stereocenters. The third-order valence-electron chi connectivity index (χ3n) is 3.86. The Morgan fingerprint density at radius 1 is 1.19 bits per heavy atom. The average Bonchev–Trinajstić information content (AvgIpc) is 2.82. The molecule has 0 bridgehead atoms. The van der Waals surface area contributed by atoms with Crippen LogP contribution < -0.4 is 0 Å². The van der Waals surface area contributed by atoms with E-state index in [0.29, 0.717) is 11.6 Å². The predicted molar refractivity (Wildman–Crippen MR) is 81.4 cm³/mol. The van der Waals surface area contributed by atoms with Crippen molar-refractivity contribution in [3.05, 3.63) is 34.9 Å². The number of carboxylic acids is 1. The zero-order chi connectivity index (χ0) is 15.8. The molecule has 1 amide bonds. The lowest BCUT2D eigenvalue weighted by Crippen LogP contribution is -2.38. The van der Waals surface area contributed by atoms with Crippen molar-refractivity contribution in [3.63, 3.8) is 0 Å². The second-order valence-electron chi connectivity index (χ2n) is 6.56. The lowest BCUT2D eigenvalue weighted by Gasteiger charge is -2.25. The van der Waals surface area contributed by atoms with Crippen molar-refractivity contribution in [3.8, 4) is 0 Å². The number of carboxylic acid groups (broad SMARTS) is 1. The maximum atomic E-state index is 12.4. The molecule has 1 heterocycles. The molecule has 114 valence electrons. The van der Waals surface area contributed by atoms with E-state index >= 15 is 0 Å². The van der Waals surface area contributed by atoms with E-state index in [1.54, 1.807) is 17.0 Å². The summed E-state index contributed by atoms with van der Waals surface area (Å²) in [4.78, 5) is 25.5. The number of benzene rings is 1. The highest BCUT2D eigenvalue weighted by Crippen LogP contribution is 2.35. The van der Waals surface area contributed by atoms with Gasteiger partial charge in [0.2, 0.25) is 5.91 Å². The van der Waals surface area contributed by atoms with Crippen LogP contribution in [0.1, 0.15) is 32.3 Å². The number of rotatable bonds is 2. The van der Waals surface area contributed by atoms with Crippen LogP contribution in [0.2, 0.25) is 5.02 Å². The Labute approximate surface area is 129 Å². The van der Waals surface area contributed by atoms with Crippen LogP contribution in [-0.2, 0) is 9.59 Å². The Bertz CT molecular complexity index is 548. The van der Waals surface area contributed by atoms with Crippen LogP contribution in [0.4, 0.5) is 0 Å². The van der Waals surface area contributed by atoms with Crippen LogP contribution in [0.15, 0.2) is 24.3 Å². The number of halogens is 1. The molecule has 1 aliphatic heterocycles. The molecule has 0 radical (unpaired) electrons. The number of likely N-dealkylation sites (tertiary alicyclic amines) is 1. The molecule has 1 N–H and O–H groups in total. The van der Waals surface area contributed by atoms with Crippen LogP contribution in [0.5, 0.6) is 0 Å². The summed E-state index contributed by atoms with van der Waals surface area (Å²) in [5.74, 6) is -1.63. The second kappa shape index (κ2) is 5.68. The largest absolute Gasteiger partial charge is 0.481 e. The predicted octanol–water partition coefficient (Wildman–Crippen LogP) is 3.01. The molecule has 21 heavy (non-hydrogen) atoms. The molecule has 5 heteroatoms. The first-order valence-corrected chi connectivity index (χ1v) is 7.35. The first-order valence-electron chi connectivity index (χ1n) is 6.98. The van der Waals surface area contributed by atoms with E-state index in [1.165, 1.54) is 0 Å². The minimum absolute atomic E-state index is 0.00906. The number of amides is 1. The van der Waals surface area contributed by atoms with Gasteiger partial charge < -0.3 is 10.0 Å². The van der Waals surface area contributed by atoms with Crippen LogP contribution in [0.3, 0.4) is 0 Å². The molecule has 1 fully saturated rings. The molecular formula is C16H20ClNO3. The first-order chi connectivity index (χ1) is 9.70. The van der Waals surface area contributed by atoms with Crippen LogP contribution in [-0.4, -0.2) is 35.0 Å². The van der Waals surface area contributed by atoms with Gasteiger partial charge in [-0.05, 0) is 17.7 Å². The van der Waals surface area contributed by atoms with Crippen molar-refractivity contribution in [2.75, 3.05) is 13.1 Å². The molecule has 0 spiro atoms. The molecule has 4 nitrogen and oxygen atoms in total. The average molecular weight is 310 g/mol. The van der Waals surface area contributed by atoms with Gasteiger partial charge in [-0.3, -0.25) is 9.59 Å². The van der Waals surface area contributed by atoms with Gasteiger partial charge in [-0.1, -0.05) is 44.5 Å². The van der Waals surface area contributed by atoms with Gasteiger partial charge in [-0.25, -0.2) is 0 Å². The van der Waals surface area contributed by atoms with E-state index in [1.807, 2.05) is 32.9 Å². The number of aliphatic carboxylic acids is 1. The maximum absolute atomic E-state index is 12.4. The van der Waals surface area contributed by atoms with Crippen LogP contribution >= 0.6 is 11.6 Å². The SMILES string of the molecule is CC(C)(C)C(=O)N1C[C@@H](C(=O)O)[C@H](c2ccc(Cl)cc2)C1. The maximum Gasteiger partial charge on any atom is 0.308 e. The normalized spacial score (nSPS) is 22.4. The Balaban J connectivity index is 2.26. The number of hydrogen-bond donors (Lipinski definition) is 1. The molecule has 1 aromatic carbocycles. The highest BCUT2D eigenvalue weighted by molar-refractivity contribution is 6.30. The van der Waals surface area contributed by atoms with E-state index < -0.39 is 17.3 Å². The molecule has 2 rings (SSSR count). The fourth-order valence-corrected chi connectivity index (χ4v) is 2.87.